The van der Waals surface area contributed by atoms with E-state index in [1.54, 1.807) is 18.2 Å². The molecule has 0 amide bonds. The smallest absolute Gasteiger partial charge is 0.303 e. The van der Waals surface area contributed by atoms with Crippen LogP contribution < -0.4 is 0 Å². The molecule has 1 fully saturated rings. The van der Waals surface area contributed by atoms with Gasteiger partial charge < -0.3 is 14.4 Å². The van der Waals surface area contributed by atoms with Crippen LogP contribution in [0.5, 0.6) is 0 Å². The molecule has 1 aromatic heterocycles. The summed E-state index contributed by atoms with van der Waals surface area (Å²) in [5.74, 6) is -0.819. The first-order valence-corrected chi connectivity index (χ1v) is 13.9. The van der Waals surface area contributed by atoms with Crippen molar-refractivity contribution in [1.82, 2.24) is 8.87 Å². The fourth-order valence-corrected chi connectivity index (χ4v) is 6.27. The monoisotopic (exact) mass is 518 g/mol. The van der Waals surface area contributed by atoms with Gasteiger partial charge in [0.05, 0.1) is 23.6 Å². The Bertz CT molecular complexity index is 1510. The number of hydrogen-bond acceptors (Lipinski definition) is 4. The first-order chi connectivity index (χ1) is 17.9. The molecule has 5 rings (SSSR count). The number of aryl methyl sites for hydroxylation is 3. The Kier molecular flexibility index (Phi) is 7.41. The van der Waals surface area contributed by atoms with Gasteiger partial charge in [0, 0.05) is 36.8 Å². The molecule has 1 aliphatic rings. The molecular formula is C29H30N2O5S. The second kappa shape index (κ2) is 10.9. The average molecular weight is 519 g/mol. The summed E-state index contributed by atoms with van der Waals surface area (Å²) in [6.45, 7) is 1.50. The topological polar surface area (TPSA) is 88.8 Å². The van der Waals surface area contributed by atoms with Crippen LogP contribution in [-0.4, -0.2) is 54.7 Å². The number of carboxylic acids is 1. The van der Waals surface area contributed by atoms with Crippen molar-refractivity contribution < 1.29 is 23.1 Å². The van der Waals surface area contributed by atoms with Crippen LogP contribution in [0.2, 0.25) is 0 Å². The summed E-state index contributed by atoms with van der Waals surface area (Å²) in [5.41, 5.74) is 5.07. The van der Waals surface area contributed by atoms with Crippen LogP contribution in [-0.2, 0) is 38.8 Å². The minimum absolute atomic E-state index is 0.0764. The fourth-order valence-electron chi connectivity index (χ4n) is 4.82. The molecule has 0 spiro atoms. The molecule has 0 radical (unpaired) electrons. The Morgan fingerprint density at radius 3 is 2.41 bits per heavy atom. The molecule has 0 aliphatic carbocycles. The first kappa shape index (κ1) is 25.2. The van der Waals surface area contributed by atoms with Crippen LogP contribution in [0.4, 0.5) is 0 Å². The molecule has 1 saturated heterocycles. The van der Waals surface area contributed by atoms with Gasteiger partial charge in [0.2, 0.25) is 10.0 Å². The zero-order chi connectivity index (χ0) is 25.8. The predicted octanol–water partition coefficient (Wildman–Crippen LogP) is 4.45. The van der Waals surface area contributed by atoms with Gasteiger partial charge in [-0.3, -0.25) is 4.79 Å². The molecule has 1 N–H and O–H groups in total. The van der Waals surface area contributed by atoms with Gasteiger partial charge in [-0.15, -0.1) is 0 Å². The zero-order valence-electron chi connectivity index (χ0n) is 20.5. The number of fused-ring (bicyclic) bond motifs is 1. The Morgan fingerprint density at radius 1 is 0.865 bits per heavy atom. The second-order valence-corrected chi connectivity index (χ2v) is 11.2. The molecule has 1 aliphatic heterocycles. The van der Waals surface area contributed by atoms with Gasteiger partial charge in [-0.1, -0.05) is 42.5 Å². The summed E-state index contributed by atoms with van der Waals surface area (Å²) >= 11 is 0. The van der Waals surface area contributed by atoms with Gasteiger partial charge in [-0.25, -0.2) is 8.42 Å². The van der Waals surface area contributed by atoms with Crippen molar-refractivity contribution >= 4 is 26.9 Å². The molecule has 7 nitrogen and oxygen atoms in total. The minimum atomic E-state index is -3.62. The summed E-state index contributed by atoms with van der Waals surface area (Å²) in [7, 11) is -3.62. The van der Waals surface area contributed by atoms with Crippen molar-refractivity contribution in [2.75, 3.05) is 26.3 Å². The quantitative estimate of drug-likeness (QED) is 0.354. The van der Waals surface area contributed by atoms with Gasteiger partial charge in [0.25, 0.3) is 0 Å². The maximum atomic E-state index is 13.3. The van der Waals surface area contributed by atoms with E-state index in [0.717, 1.165) is 40.6 Å². The Hall–Kier alpha value is -3.46. The number of ether oxygens (including phenoxy) is 1. The Morgan fingerprint density at radius 2 is 1.65 bits per heavy atom. The van der Waals surface area contributed by atoms with E-state index in [-0.39, 0.29) is 11.3 Å². The number of rotatable bonds is 9. The average Bonchev–Trinajstić information content (AvgIpc) is 3.30. The summed E-state index contributed by atoms with van der Waals surface area (Å²) in [6.07, 6.45) is 4.29. The molecule has 37 heavy (non-hydrogen) atoms. The molecular weight excluding hydrogens is 488 g/mol. The van der Waals surface area contributed by atoms with Crippen molar-refractivity contribution in [3.05, 3.63) is 95.7 Å². The van der Waals surface area contributed by atoms with Crippen LogP contribution in [0.1, 0.15) is 23.1 Å². The molecule has 4 aromatic rings. The molecule has 0 bridgehead atoms. The molecule has 0 saturated carbocycles. The van der Waals surface area contributed by atoms with Gasteiger partial charge >= 0.3 is 5.97 Å². The van der Waals surface area contributed by atoms with E-state index in [9.17, 15) is 13.2 Å². The third-order valence-corrected chi connectivity index (χ3v) is 8.70. The van der Waals surface area contributed by atoms with Crippen LogP contribution >= 0.6 is 0 Å². The number of sulfonamides is 1. The lowest BCUT2D eigenvalue weighted by atomic mass is 10.0. The Labute approximate surface area is 217 Å². The number of aromatic nitrogens is 1. The van der Waals surface area contributed by atoms with Gasteiger partial charge in [0.1, 0.15) is 0 Å². The number of hydrogen-bond donors (Lipinski definition) is 1. The Balaban J connectivity index is 1.53. The van der Waals surface area contributed by atoms with E-state index >= 15 is 0 Å². The number of nitrogens with zero attached hydrogens (tertiary/aromatic N) is 2. The SMILES string of the molecule is O=C(O)CCc1ccc2c(c1)c(CCc1ccccc1)cn2-c1cccc(S(=O)(=O)N2CCOCC2)c1. The highest BCUT2D eigenvalue weighted by atomic mass is 32.2. The molecule has 2 heterocycles. The molecule has 0 unspecified atom stereocenters. The maximum Gasteiger partial charge on any atom is 0.303 e. The summed E-state index contributed by atoms with van der Waals surface area (Å²) in [5, 5.41) is 10.2. The fraction of sp³-hybridized carbons (Fsp3) is 0.276. The number of morpholine rings is 1. The third kappa shape index (κ3) is 5.61. The lowest BCUT2D eigenvalue weighted by molar-refractivity contribution is -0.136. The van der Waals surface area contributed by atoms with E-state index < -0.39 is 16.0 Å². The zero-order valence-corrected chi connectivity index (χ0v) is 21.4. The van der Waals surface area contributed by atoms with E-state index in [2.05, 4.69) is 24.4 Å². The minimum Gasteiger partial charge on any atom is -0.481 e. The number of benzene rings is 3. The second-order valence-electron chi connectivity index (χ2n) is 9.27. The van der Waals surface area contributed by atoms with Crippen molar-refractivity contribution in [3.63, 3.8) is 0 Å². The highest BCUT2D eigenvalue weighted by molar-refractivity contribution is 7.89. The van der Waals surface area contributed by atoms with Crippen molar-refractivity contribution in [3.8, 4) is 5.69 Å². The van der Waals surface area contributed by atoms with Crippen molar-refractivity contribution in [2.45, 2.75) is 30.6 Å². The summed E-state index contributed by atoms with van der Waals surface area (Å²) < 4.78 is 35.4. The number of carboxylic acid groups (broad SMARTS) is 1. The largest absolute Gasteiger partial charge is 0.481 e. The lowest BCUT2D eigenvalue weighted by Gasteiger charge is -2.26. The maximum absolute atomic E-state index is 13.3. The molecule has 0 atom stereocenters. The van der Waals surface area contributed by atoms with Gasteiger partial charge in [-0.05, 0) is 66.3 Å². The first-order valence-electron chi connectivity index (χ1n) is 12.5. The normalized spacial score (nSPS) is 14.7. The van der Waals surface area contributed by atoms with Gasteiger partial charge in [-0.2, -0.15) is 4.31 Å². The van der Waals surface area contributed by atoms with Crippen LogP contribution in [0.3, 0.4) is 0 Å². The lowest BCUT2D eigenvalue weighted by Crippen LogP contribution is -2.40. The van der Waals surface area contributed by atoms with Crippen LogP contribution in [0.15, 0.2) is 83.9 Å². The van der Waals surface area contributed by atoms with E-state index in [4.69, 9.17) is 9.84 Å². The van der Waals surface area contributed by atoms with E-state index in [1.807, 2.05) is 41.0 Å². The highest BCUT2D eigenvalue weighted by Gasteiger charge is 2.26. The van der Waals surface area contributed by atoms with Gasteiger partial charge in [0.15, 0.2) is 0 Å². The van der Waals surface area contributed by atoms with Crippen molar-refractivity contribution in [1.29, 1.82) is 0 Å². The molecule has 192 valence electrons. The molecule has 3 aromatic carbocycles. The summed E-state index contributed by atoms with van der Waals surface area (Å²) in [4.78, 5) is 11.4. The molecule has 8 heteroatoms. The standard InChI is InChI=1S/C29H30N2O5S/c32-29(33)14-11-23-10-13-28-27(19-23)24(12-9-22-5-2-1-3-6-22)21-31(28)25-7-4-8-26(20-25)37(34,35)30-15-17-36-18-16-30/h1-8,10,13,19-21H,9,11-12,14-18H2,(H,32,33). The highest BCUT2D eigenvalue weighted by Crippen LogP contribution is 2.29. The number of carbonyl (C=O) groups is 1. The third-order valence-electron chi connectivity index (χ3n) is 6.81. The van der Waals surface area contributed by atoms with E-state index in [0.29, 0.717) is 32.7 Å². The van der Waals surface area contributed by atoms with Crippen LogP contribution in [0.25, 0.3) is 16.6 Å². The predicted molar refractivity (Wildman–Crippen MR) is 143 cm³/mol. The summed E-state index contributed by atoms with van der Waals surface area (Å²) in [6, 6.07) is 23.4. The van der Waals surface area contributed by atoms with Crippen molar-refractivity contribution in [2.24, 2.45) is 0 Å². The van der Waals surface area contributed by atoms with E-state index in [1.165, 1.54) is 9.87 Å². The van der Waals surface area contributed by atoms with Crippen LogP contribution in [0, 0.1) is 0 Å². The number of aliphatic carboxylic acids is 1.